The summed E-state index contributed by atoms with van der Waals surface area (Å²) in [6.45, 7) is 0. The van der Waals surface area contributed by atoms with E-state index in [0.29, 0.717) is 30.4 Å². The lowest BCUT2D eigenvalue weighted by atomic mass is 10.1. The van der Waals surface area contributed by atoms with Crippen molar-refractivity contribution in [3.05, 3.63) is 92.9 Å². The number of aliphatic imine (C=N–C) groups is 1. The first-order chi connectivity index (χ1) is 15.9. The summed E-state index contributed by atoms with van der Waals surface area (Å²) in [6.07, 6.45) is -0.392. The van der Waals surface area contributed by atoms with E-state index in [2.05, 4.69) is 0 Å². The molecule has 1 atom stereocenters. The summed E-state index contributed by atoms with van der Waals surface area (Å²) in [4.78, 5) is 6.96. The van der Waals surface area contributed by atoms with E-state index in [1.165, 1.54) is 11.8 Å². The molecule has 3 aromatic rings. The maximum absolute atomic E-state index is 6.43. The number of rotatable bonds is 4. The number of hydrogen-bond acceptors (Lipinski definition) is 5. The predicted octanol–water partition coefficient (Wildman–Crippen LogP) is 7.23. The van der Waals surface area contributed by atoms with Crippen LogP contribution < -0.4 is 9.64 Å². The molecule has 10 heteroatoms. The van der Waals surface area contributed by atoms with Crippen molar-refractivity contribution < 1.29 is 4.74 Å². The number of ether oxygens (including phenoxy) is 1. The number of methoxy groups -OCH3 is 1. The van der Waals surface area contributed by atoms with E-state index in [-0.39, 0.29) is 0 Å². The molecule has 2 aliphatic rings. The van der Waals surface area contributed by atoms with Crippen LogP contribution in [0.4, 0.5) is 5.69 Å². The van der Waals surface area contributed by atoms with E-state index in [4.69, 9.17) is 61.9 Å². The maximum Gasteiger partial charge on any atom is 0.205 e. The second-order valence-electron chi connectivity index (χ2n) is 7.13. The summed E-state index contributed by atoms with van der Waals surface area (Å²) in [5.74, 6) is 0.753. The highest BCUT2D eigenvalue weighted by molar-refractivity contribution is 8.27. The summed E-state index contributed by atoms with van der Waals surface area (Å²) in [5.41, 5.74) is 2.58. The molecule has 0 radical (unpaired) electrons. The molecule has 0 spiro atoms. The molecule has 0 bridgehead atoms. The Labute approximate surface area is 215 Å². The van der Waals surface area contributed by atoms with Crippen molar-refractivity contribution in [2.45, 2.75) is 6.17 Å². The Balaban J connectivity index is 1.59. The van der Waals surface area contributed by atoms with Crippen LogP contribution in [-0.2, 0) is 0 Å². The molecule has 1 unspecified atom stereocenters. The molecule has 0 saturated carbocycles. The molecule has 0 aliphatic carbocycles. The molecule has 2 heterocycles. The van der Waals surface area contributed by atoms with Gasteiger partial charge in [-0.1, -0.05) is 46.9 Å². The first-order valence-corrected chi connectivity index (χ1v) is 12.1. The van der Waals surface area contributed by atoms with E-state index in [1.54, 1.807) is 24.3 Å². The van der Waals surface area contributed by atoms with Crippen LogP contribution in [0, 0.1) is 0 Å². The standard InChI is InChI=1S/C23H15Cl3N4OS2/c1-31-17-9-7-16(8-10-17)29-20(13-2-4-14(24)5-3-13)27-22-30(23(29)32)28-21(33-22)18-11-6-15(25)12-19(18)26/h2-12,20H,1H3. The lowest BCUT2D eigenvalue weighted by molar-refractivity contribution is 0.415. The Hall–Kier alpha value is -2.29. The first kappa shape index (κ1) is 22.5. The number of anilines is 1. The molecular weight excluding hydrogens is 519 g/mol. The van der Waals surface area contributed by atoms with Crippen molar-refractivity contribution in [2.75, 3.05) is 12.0 Å². The van der Waals surface area contributed by atoms with E-state index in [0.717, 1.165) is 22.6 Å². The van der Waals surface area contributed by atoms with Gasteiger partial charge in [0.2, 0.25) is 5.11 Å². The van der Waals surface area contributed by atoms with Gasteiger partial charge in [0.25, 0.3) is 0 Å². The molecular formula is C23H15Cl3N4OS2. The second-order valence-corrected chi connectivity index (χ2v) is 9.73. The van der Waals surface area contributed by atoms with Gasteiger partial charge in [0.05, 0.1) is 12.1 Å². The SMILES string of the molecule is COc1ccc(N2C(=S)N3N=C(c4ccc(Cl)cc4Cl)SC3=NC2c2ccc(Cl)cc2)cc1. The fraction of sp³-hybridized carbons (Fsp3) is 0.0870. The van der Waals surface area contributed by atoms with Gasteiger partial charge in [-0.25, -0.2) is 4.99 Å². The number of nitrogens with zero attached hydrogens (tertiary/aromatic N) is 4. The minimum Gasteiger partial charge on any atom is -0.497 e. The number of fused-ring (bicyclic) bond motifs is 1. The van der Waals surface area contributed by atoms with Gasteiger partial charge >= 0.3 is 0 Å². The molecule has 3 aromatic carbocycles. The number of thiocarbonyl (C=S) groups is 1. The molecule has 166 valence electrons. The maximum atomic E-state index is 6.43. The lowest BCUT2D eigenvalue weighted by Gasteiger charge is -2.37. The van der Waals surface area contributed by atoms with Gasteiger partial charge in [0, 0.05) is 21.3 Å². The monoisotopic (exact) mass is 532 g/mol. The predicted molar refractivity (Wildman–Crippen MR) is 142 cm³/mol. The van der Waals surface area contributed by atoms with Crippen LogP contribution in [0.1, 0.15) is 17.3 Å². The van der Waals surface area contributed by atoms with Gasteiger partial charge in [0.15, 0.2) is 11.3 Å². The van der Waals surface area contributed by atoms with Crippen LogP contribution in [0.5, 0.6) is 5.75 Å². The molecule has 5 rings (SSSR count). The van der Waals surface area contributed by atoms with Crippen molar-refractivity contribution in [2.24, 2.45) is 10.1 Å². The third kappa shape index (κ3) is 4.32. The molecule has 33 heavy (non-hydrogen) atoms. The number of amidine groups is 1. The van der Waals surface area contributed by atoms with Gasteiger partial charge in [-0.3, -0.25) is 4.90 Å². The molecule has 0 N–H and O–H groups in total. The first-order valence-electron chi connectivity index (χ1n) is 9.77. The number of hydrazone groups is 1. The van der Waals surface area contributed by atoms with Crippen LogP contribution in [-0.4, -0.2) is 27.4 Å². The Morgan fingerprint density at radius 1 is 0.939 bits per heavy atom. The van der Waals surface area contributed by atoms with Crippen molar-refractivity contribution in [1.82, 2.24) is 5.01 Å². The van der Waals surface area contributed by atoms with Crippen LogP contribution in [0.3, 0.4) is 0 Å². The van der Waals surface area contributed by atoms with Crippen molar-refractivity contribution in [1.29, 1.82) is 0 Å². The summed E-state index contributed by atoms with van der Waals surface area (Å²) in [6, 6.07) is 20.6. The van der Waals surface area contributed by atoms with Crippen LogP contribution in [0.15, 0.2) is 76.8 Å². The minimum atomic E-state index is -0.392. The Kier molecular flexibility index (Phi) is 6.24. The van der Waals surface area contributed by atoms with Crippen LogP contribution >= 0.6 is 58.8 Å². The molecule has 2 aliphatic heterocycles. The highest BCUT2D eigenvalue weighted by atomic mass is 35.5. The lowest BCUT2D eigenvalue weighted by Crippen LogP contribution is -2.47. The highest BCUT2D eigenvalue weighted by Crippen LogP contribution is 2.40. The quantitative estimate of drug-likeness (QED) is 0.331. The van der Waals surface area contributed by atoms with Gasteiger partial charge in [-0.05, 0) is 84.1 Å². The Morgan fingerprint density at radius 3 is 2.30 bits per heavy atom. The minimum absolute atomic E-state index is 0.392. The van der Waals surface area contributed by atoms with Gasteiger partial charge in [-0.15, -0.1) is 0 Å². The fourth-order valence-corrected chi connectivity index (χ4v) is 5.50. The summed E-state index contributed by atoms with van der Waals surface area (Å²) in [7, 11) is 1.63. The fourth-order valence-electron chi connectivity index (χ4n) is 3.48. The molecule has 0 aromatic heterocycles. The van der Waals surface area contributed by atoms with Gasteiger partial charge in [0.1, 0.15) is 10.8 Å². The largest absolute Gasteiger partial charge is 0.497 e. The number of halogens is 3. The Morgan fingerprint density at radius 2 is 1.64 bits per heavy atom. The van der Waals surface area contributed by atoms with E-state index in [1.807, 2.05) is 59.5 Å². The molecule has 0 saturated heterocycles. The Bertz CT molecular complexity index is 1300. The van der Waals surface area contributed by atoms with Gasteiger partial charge < -0.3 is 4.74 Å². The van der Waals surface area contributed by atoms with Gasteiger partial charge in [-0.2, -0.15) is 10.1 Å². The van der Waals surface area contributed by atoms with Crippen molar-refractivity contribution in [3.8, 4) is 5.75 Å². The van der Waals surface area contributed by atoms with E-state index < -0.39 is 6.17 Å². The summed E-state index contributed by atoms with van der Waals surface area (Å²) in [5, 5.41) is 9.99. The average Bonchev–Trinajstić information content (AvgIpc) is 3.24. The third-order valence-corrected chi connectivity index (χ3v) is 7.23. The van der Waals surface area contributed by atoms with Crippen LogP contribution in [0.2, 0.25) is 15.1 Å². The molecule has 0 fully saturated rings. The number of hydrogen-bond donors (Lipinski definition) is 0. The zero-order valence-electron chi connectivity index (χ0n) is 17.1. The summed E-state index contributed by atoms with van der Waals surface area (Å²) >= 11 is 25.9. The molecule has 5 nitrogen and oxygen atoms in total. The van der Waals surface area contributed by atoms with Crippen LogP contribution in [0.25, 0.3) is 0 Å². The smallest absolute Gasteiger partial charge is 0.205 e. The average molecular weight is 534 g/mol. The number of benzene rings is 3. The number of thioether (sulfide) groups is 1. The normalized spacial score (nSPS) is 17.6. The van der Waals surface area contributed by atoms with Crippen molar-refractivity contribution in [3.63, 3.8) is 0 Å². The summed E-state index contributed by atoms with van der Waals surface area (Å²) < 4.78 is 5.31. The topological polar surface area (TPSA) is 40.4 Å². The highest BCUT2D eigenvalue weighted by Gasteiger charge is 2.39. The van der Waals surface area contributed by atoms with E-state index in [9.17, 15) is 0 Å². The second kappa shape index (κ2) is 9.16. The zero-order valence-corrected chi connectivity index (χ0v) is 21.0. The third-order valence-electron chi connectivity index (χ3n) is 5.10. The molecule has 0 amide bonds. The van der Waals surface area contributed by atoms with Crippen molar-refractivity contribution >= 4 is 79.8 Å². The van der Waals surface area contributed by atoms with E-state index >= 15 is 0 Å². The zero-order chi connectivity index (χ0) is 23.1.